The third-order valence-electron chi connectivity index (χ3n) is 0.615. The first-order valence-electron chi connectivity index (χ1n) is 2.29. The van der Waals surface area contributed by atoms with Crippen molar-refractivity contribution in [3.05, 3.63) is 30.7 Å². The summed E-state index contributed by atoms with van der Waals surface area (Å²) in [5, 5.41) is 0. The van der Waals surface area contributed by atoms with E-state index in [0.29, 0.717) is 0 Å². The second kappa shape index (κ2) is 9.01. The van der Waals surface area contributed by atoms with E-state index >= 15 is 0 Å². The van der Waals surface area contributed by atoms with Crippen LogP contribution in [-0.4, -0.2) is 4.40 Å². The van der Waals surface area contributed by atoms with E-state index in [1.54, 1.807) is 0 Å². The fourth-order valence-corrected chi connectivity index (χ4v) is 0.512. The van der Waals surface area contributed by atoms with E-state index < -0.39 is 0 Å². The minimum Gasteiger partial charge on any atom is 0 e. The van der Waals surface area contributed by atoms with Crippen molar-refractivity contribution in [2.75, 3.05) is 0 Å². The van der Waals surface area contributed by atoms with E-state index in [9.17, 15) is 0 Å². The molecule has 0 unspecified atom stereocenters. The van der Waals surface area contributed by atoms with E-state index in [1.165, 1.54) is 19.4 Å². The molecule has 0 fully saturated rings. The summed E-state index contributed by atoms with van der Waals surface area (Å²) in [5.41, 5.74) is 1.06. The summed E-state index contributed by atoms with van der Waals surface area (Å²) >= 11 is 1.44. The summed E-state index contributed by atoms with van der Waals surface area (Å²) in [6.07, 6.45) is 6.68. The zero-order chi connectivity index (χ0) is 6.41. The standard InChI is InChI=1S/C7H8.W.Y/c1-4-5-6-7(2)3;;/h2,5-6H,3H2,1H3;;/q-2;;/b7-6+;;. The van der Waals surface area contributed by atoms with Crippen molar-refractivity contribution >= 4 is 4.40 Å². The van der Waals surface area contributed by atoms with Gasteiger partial charge in [-0.1, -0.05) is 0 Å². The topological polar surface area (TPSA) is 0 Å². The molecule has 9 heavy (non-hydrogen) atoms. The van der Waals surface area contributed by atoms with Gasteiger partial charge in [0.2, 0.25) is 0 Å². The second-order valence-corrected chi connectivity index (χ2v) is 2.16. The molecule has 1 radical (unpaired) electrons. The molecule has 0 aromatic rings. The number of rotatable bonds is 2. The molecule has 0 nitrogen and oxygen atoms in total. The Bertz CT molecular complexity index is 125. The zero-order valence-corrected chi connectivity index (χ0v) is 11.2. The van der Waals surface area contributed by atoms with Gasteiger partial charge in [0.15, 0.2) is 0 Å². The van der Waals surface area contributed by atoms with E-state index in [2.05, 4.69) is 13.0 Å². The molecule has 0 N–H and O–H groups in total. The van der Waals surface area contributed by atoms with Crippen LogP contribution in [0.5, 0.6) is 0 Å². The van der Waals surface area contributed by atoms with Crippen LogP contribution in [0.4, 0.5) is 0 Å². The van der Waals surface area contributed by atoms with Gasteiger partial charge in [-0.15, -0.1) is 0 Å². The Morgan fingerprint density at radius 2 is 2.22 bits per heavy atom. The van der Waals surface area contributed by atoms with Crippen molar-refractivity contribution in [2.45, 2.75) is 6.92 Å². The first kappa shape index (κ1) is 12.7. The molecule has 0 spiro atoms. The van der Waals surface area contributed by atoms with Crippen molar-refractivity contribution in [3.8, 4) is 0 Å². The van der Waals surface area contributed by atoms with Gasteiger partial charge in [-0.25, -0.2) is 0 Å². The average Bonchev–Trinajstić information content (AvgIpc) is 1.83. The quantitative estimate of drug-likeness (QED) is 0.514. The van der Waals surface area contributed by atoms with Gasteiger partial charge in [0.05, 0.1) is 0 Å². The molecule has 0 rings (SSSR count). The van der Waals surface area contributed by atoms with Gasteiger partial charge in [-0.05, 0) is 0 Å². The van der Waals surface area contributed by atoms with Gasteiger partial charge in [-0.2, -0.15) is 0 Å². The molecule has 0 aliphatic heterocycles. The predicted octanol–water partition coefficient (Wildman–Crippen LogP) is 1.47. The van der Waals surface area contributed by atoms with E-state index in [0.717, 1.165) is 5.57 Å². The summed E-state index contributed by atoms with van der Waals surface area (Å²) in [7, 11) is 0. The molecule has 47 valence electrons. The average molecular weight is 365 g/mol. The first-order valence-corrected chi connectivity index (χ1v) is 3.98. The van der Waals surface area contributed by atoms with Crippen LogP contribution in [0, 0.1) is 13.0 Å². The van der Waals surface area contributed by atoms with E-state index in [1.807, 2.05) is 23.5 Å². The fraction of sp³-hybridized carbons (Fsp3) is 0.143. The van der Waals surface area contributed by atoms with E-state index in [-0.39, 0.29) is 32.7 Å². The summed E-state index contributed by atoms with van der Waals surface area (Å²) in [6, 6.07) is 0. The van der Waals surface area contributed by atoms with Gasteiger partial charge in [0, 0.05) is 32.7 Å². The van der Waals surface area contributed by atoms with Crippen molar-refractivity contribution in [2.24, 2.45) is 0 Å². The van der Waals surface area contributed by atoms with Gasteiger partial charge < -0.3 is 0 Å². The van der Waals surface area contributed by atoms with Gasteiger partial charge in [0.25, 0.3) is 0 Å². The van der Waals surface area contributed by atoms with Crippen LogP contribution in [-0.2, 0) is 52.1 Å². The van der Waals surface area contributed by atoms with Crippen LogP contribution in [0.2, 0.25) is 0 Å². The molecule has 0 amide bonds. The maximum Gasteiger partial charge on any atom is 0 e. The van der Waals surface area contributed by atoms with Gasteiger partial charge >= 0.3 is 61.4 Å². The van der Waals surface area contributed by atoms with Crippen molar-refractivity contribution in [1.29, 1.82) is 0 Å². The Morgan fingerprint density at radius 3 is 2.56 bits per heavy atom. The van der Waals surface area contributed by atoms with Crippen LogP contribution in [0.3, 0.4) is 0 Å². The smallest absolute Gasteiger partial charge is 0 e. The molecule has 0 saturated heterocycles. The van der Waals surface area contributed by atoms with Crippen LogP contribution >= 0.6 is 0 Å². The number of hydrogen-bond acceptors (Lipinski definition) is 0. The minimum absolute atomic E-state index is 0. The molecular weight excluding hydrogens is 357 g/mol. The van der Waals surface area contributed by atoms with Crippen molar-refractivity contribution < 1.29 is 52.1 Å². The maximum absolute atomic E-state index is 3.75. The normalized spacial score (nSPS) is 11.0. The summed E-state index contributed by atoms with van der Waals surface area (Å²) in [5.74, 6) is 0. The van der Waals surface area contributed by atoms with Crippen LogP contribution in [0.25, 0.3) is 0 Å². The minimum atomic E-state index is 0. The molecule has 0 aromatic heterocycles. The Balaban J connectivity index is 0. The Hall–Kier alpha value is 1.01. The van der Waals surface area contributed by atoms with Crippen molar-refractivity contribution in [1.82, 2.24) is 0 Å². The third kappa shape index (κ3) is 9.01. The largest absolute Gasteiger partial charge is 0 e. The summed E-state index contributed by atoms with van der Waals surface area (Å²) in [6.45, 7) is 5.62. The summed E-state index contributed by atoms with van der Waals surface area (Å²) < 4.78 is 2.04. The number of allylic oxidation sites excluding steroid dienone is 4. The number of hydrogen-bond donors (Lipinski definition) is 0. The maximum atomic E-state index is 3.75. The van der Waals surface area contributed by atoms with Crippen molar-refractivity contribution in [3.63, 3.8) is 0 Å². The molecule has 2 heteroatoms. The third-order valence-corrected chi connectivity index (χ3v) is 1.70. The Kier molecular flexibility index (Phi) is 12.7. The SMILES string of the molecule is [CH2-]/C([CH]=[W])=C/C=[C-]C.[Y]. The van der Waals surface area contributed by atoms with Gasteiger partial charge in [-0.3, -0.25) is 0 Å². The first-order chi connectivity index (χ1) is 3.81. The fourth-order valence-electron chi connectivity index (χ4n) is 0.230. The zero-order valence-electron chi connectivity index (χ0n) is 5.42. The summed E-state index contributed by atoms with van der Waals surface area (Å²) in [4.78, 5) is 0. The molecule has 0 saturated carbocycles. The Morgan fingerprint density at radius 1 is 1.67 bits per heavy atom. The van der Waals surface area contributed by atoms with E-state index in [4.69, 9.17) is 0 Å². The monoisotopic (exact) mass is 365 g/mol. The molecule has 0 bridgehead atoms. The second-order valence-electron chi connectivity index (χ2n) is 1.31. The molecule has 0 aliphatic rings. The van der Waals surface area contributed by atoms with Gasteiger partial charge in [0.1, 0.15) is 0 Å². The molecule has 0 aliphatic carbocycles. The molecule has 0 atom stereocenters. The van der Waals surface area contributed by atoms with Crippen LogP contribution in [0.1, 0.15) is 6.92 Å². The molecule has 0 aromatic carbocycles. The molecular formula is C7H8WY-2. The van der Waals surface area contributed by atoms with Crippen LogP contribution in [0.15, 0.2) is 17.7 Å². The molecule has 0 heterocycles. The Labute approximate surface area is 93.1 Å². The predicted molar refractivity (Wildman–Crippen MR) is 33.0 cm³/mol. The van der Waals surface area contributed by atoms with Crippen LogP contribution < -0.4 is 0 Å².